The van der Waals surface area contributed by atoms with E-state index in [1.54, 1.807) is 6.26 Å². The minimum Gasteiger partial charge on any atom is -0.469 e. The van der Waals surface area contributed by atoms with Crippen LogP contribution in [-0.4, -0.2) is 61.0 Å². The topological polar surface area (TPSA) is 82.3 Å². The zero-order chi connectivity index (χ0) is 21.3. The Morgan fingerprint density at radius 1 is 1.12 bits per heavy atom. The molecule has 0 spiro atoms. The van der Waals surface area contributed by atoms with Crippen LogP contribution in [0.4, 0.5) is 0 Å². The van der Waals surface area contributed by atoms with Crippen molar-refractivity contribution in [2.75, 3.05) is 32.8 Å². The molecule has 176 valence electrons. The fourth-order valence-electron chi connectivity index (χ4n) is 4.18. The Balaban J connectivity index is 0.00000289. The van der Waals surface area contributed by atoms with Crippen LogP contribution in [0.5, 0.6) is 0 Å². The molecule has 2 aromatic rings. The highest BCUT2D eigenvalue weighted by Crippen LogP contribution is 2.17. The van der Waals surface area contributed by atoms with Crippen molar-refractivity contribution in [3.63, 3.8) is 0 Å². The predicted octanol–water partition coefficient (Wildman–Crippen LogP) is 2.92. The van der Waals surface area contributed by atoms with Crippen molar-refractivity contribution < 1.29 is 14.3 Å². The number of aliphatic hydroxyl groups excluding tert-OH is 1. The van der Waals surface area contributed by atoms with Crippen LogP contribution in [0.1, 0.15) is 36.1 Å². The van der Waals surface area contributed by atoms with Crippen molar-refractivity contribution in [3.05, 3.63) is 59.5 Å². The number of likely N-dealkylation sites (tertiary alicyclic amines) is 1. The first-order valence-electron chi connectivity index (χ1n) is 11.4. The van der Waals surface area contributed by atoms with Gasteiger partial charge in [0.05, 0.1) is 25.0 Å². The molecule has 3 N–H and O–H groups in total. The SMILES string of the molecule is I.OC1CCN(Cc2ccccc2CN=C(NCCc2ccco2)NCC2CCCO2)C1. The summed E-state index contributed by atoms with van der Waals surface area (Å²) in [5, 5.41) is 16.7. The Hall–Kier alpha value is -1.62. The molecule has 2 aliphatic rings. The smallest absolute Gasteiger partial charge is 0.191 e. The second-order valence-electron chi connectivity index (χ2n) is 8.38. The van der Waals surface area contributed by atoms with E-state index >= 15 is 0 Å². The number of benzene rings is 1. The number of nitrogens with zero attached hydrogens (tertiary/aromatic N) is 2. The molecule has 3 heterocycles. The zero-order valence-electron chi connectivity index (χ0n) is 18.5. The molecule has 2 atom stereocenters. The summed E-state index contributed by atoms with van der Waals surface area (Å²) in [7, 11) is 0. The molecule has 2 aliphatic heterocycles. The van der Waals surface area contributed by atoms with Gasteiger partial charge in [0.2, 0.25) is 0 Å². The van der Waals surface area contributed by atoms with E-state index in [1.165, 1.54) is 11.1 Å². The van der Waals surface area contributed by atoms with Gasteiger partial charge in [0.25, 0.3) is 0 Å². The van der Waals surface area contributed by atoms with E-state index < -0.39 is 0 Å². The van der Waals surface area contributed by atoms with E-state index in [0.29, 0.717) is 6.54 Å². The highest BCUT2D eigenvalue weighted by Gasteiger charge is 2.21. The van der Waals surface area contributed by atoms with Crippen molar-refractivity contribution in [1.29, 1.82) is 0 Å². The average molecular weight is 554 g/mol. The molecule has 4 rings (SSSR count). The molecule has 0 aliphatic carbocycles. The van der Waals surface area contributed by atoms with Gasteiger partial charge in [0, 0.05) is 45.8 Å². The van der Waals surface area contributed by atoms with Gasteiger partial charge in [-0.2, -0.15) is 0 Å². The lowest BCUT2D eigenvalue weighted by atomic mass is 10.1. The summed E-state index contributed by atoms with van der Waals surface area (Å²) in [5.74, 6) is 1.76. The molecular weight excluding hydrogens is 519 g/mol. The first-order valence-corrected chi connectivity index (χ1v) is 11.4. The van der Waals surface area contributed by atoms with Crippen molar-refractivity contribution in [2.24, 2.45) is 4.99 Å². The monoisotopic (exact) mass is 554 g/mol. The van der Waals surface area contributed by atoms with Gasteiger partial charge in [-0.05, 0) is 42.5 Å². The first-order chi connectivity index (χ1) is 15.3. The maximum absolute atomic E-state index is 9.83. The second kappa shape index (κ2) is 13.2. The number of hydrogen-bond donors (Lipinski definition) is 3. The Bertz CT molecular complexity index is 824. The molecule has 8 heteroatoms. The summed E-state index contributed by atoms with van der Waals surface area (Å²) < 4.78 is 11.2. The minimum absolute atomic E-state index is 0. The molecule has 2 saturated heterocycles. The number of hydrogen-bond acceptors (Lipinski definition) is 5. The van der Waals surface area contributed by atoms with Crippen LogP contribution < -0.4 is 10.6 Å². The van der Waals surface area contributed by atoms with Crippen LogP contribution in [0, 0.1) is 0 Å². The van der Waals surface area contributed by atoms with Crippen molar-refractivity contribution in [3.8, 4) is 0 Å². The predicted molar refractivity (Wildman–Crippen MR) is 136 cm³/mol. The number of furan rings is 1. The van der Waals surface area contributed by atoms with Gasteiger partial charge < -0.3 is 24.9 Å². The maximum Gasteiger partial charge on any atom is 0.191 e. The molecule has 0 saturated carbocycles. The van der Waals surface area contributed by atoms with Crippen LogP contribution in [0.3, 0.4) is 0 Å². The molecule has 0 bridgehead atoms. The molecule has 0 amide bonds. The van der Waals surface area contributed by atoms with E-state index in [1.807, 2.05) is 12.1 Å². The average Bonchev–Trinajstić information content (AvgIpc) is 3.54. The molecular formula is C24H35IN4O3. The van der Waals surface area contributed by atoms with E-state index in [2.05, 4.69) is 39.8 Å². The van der Waals surface area contributed by atoms with Gasteiger partial charge in [-0.3, -0.25) is 4.90 Å². The van der Waals surface area contributed by atoms with Gasteiger partial charge in [0.15, 0.2) is 5.96 Å². The van der Waals surface area contributed by atoms with E-state index in [9.17, 15) is 5.11 Å². The van der Waals surface area contributed by atoms with E-state index in [0.717, 1.165) is 76.7 Å². The van der Waals surface area contributed by atoms with Crippen molar-refractivity contribution >= 4 is 29.9 Å². The maximum atomic E-state index is 9.83. The zero-order valence-corrected chi connectivity index (χ0v) is 20.9. The number of aliphatic hydroxyl groups is 1. The Kier molecular flexibility index (Phi) is 10.3. The molecule has 7 nitrogen and oxygen atoms in total. The lowest BCUT2D eigenvalue weighted by Crippen LogP contribution is -2.42. The molecule has 0 radical (unpaired) electrons. The molecule has 1 aromatic heterocycles. The third-order valence-corrected chi connectivity index (χ3v) is 5.93. The summed E-state index contributed by atoms with van der Waals surface area (Å²) in [6, 6.07) is 12.4. The normalized spacial score (nSPS) is 21.5. The Morgan fingerprint density at radius 2 is 2.00 bits per heavy atom. The lowest BCUT2D eigenvalue weighted by Gasteiger charge is -2.18. The van der Waals surface area contributed by atoms with Gasteiger partial charge in [-0.1, -0.05) is 24.3 Å². The number of halogens is 1. The van der Waals surface area contributed by atoms with Crippen LogP contribution in [0.2, 0.25) is 0 Å². The second-order valence-corrected chi connectivity index (χ2v) is 8.38. The first kappa shape index (κ1) is 25.0. The third kappa shape index (κ3) is 7.75. The molecule has 2 fully saturated rings. The number of β-amino-alcohol motifs (C(OH)–C–C–N with tert-alkyl or cyclic N) is 1. The van der Waals surface area contributed by atoms with Crippen LogP contribution in [-0.2, 0) is 24.2 Å². The van der Waals surface area contributed by atoms with Crippen molar-refractivity contribution in [2.45, 2.75) is 51.0 Å². The highest BCUT2D eigenvalue weighted by molar-refractivity contribution is 14.0. The number of aliphatic imine (C=N–C) groups is 1. The minimum atomic E-state index is -0.197. The van der Waals surface area contributed by atoms with Crippen LogP contribution in [0.25, 0.3) is 0 Å². The van der Waals surface area contributed by atoms with E-state index in [-0.39, 0.29) is 36.2 Å². The van der Waals surface area contributed by atoms with Gasteiger partial charge in [-0.25, -0.2) is 4.99 Å². The quantitative estimate of drug-likeness (QED) is 0.251. The van der Waals surface area contributed by atoms with Gasteiger partial charge >= 0.3 is 0 Å². The largest absolute Gasteiger partial charge is 0.469 e. The molecule has 2 unspecified atom stereocenters. The molecule has 32 heavy (non-hydrogen) atoms. The third-order valence-electron chi connectivity index (χ3n) is 5.93. The number of rotatable bonds is 9. The lowest BCUT2D eigenvalue weighted by molar-refractivity contribution is 0.114. The van der Waals surface area contributed by atoms with Crippen LogP contribution >= 0.6 is 24.0 Å². The number of ether oxygens (including phenoxy) is 1. The fourth-order valence-corrected chi connectivity index (χ4v) is 4.18. The number of guanidine groups is 1. The van der Waals surface area contributed by atoms with E-state index in [4.69, 9.17) is 14.1 Å². The van der Waals surface area contributed by atoms with Crippen LogP contribution in [0.15, 0.2) is 52.1 Å². The highest BCUT2D eigenvalue weighted by atomic mass is 127. The summed E-state index contributed by atoms with van der Waals surface area (Å²) in [6.45, 7) is 5.52. The Labute approximate surface area is 207 Å². The number of nitrogens with one attached hydrogen (secondary N) is 2. The fraction of sp³-hybridized carbons (Fsp3) is 0.542. The summed E-state index contributed by atoms with van der Waals surface area (Å²) in [5.41, 5.74) is 2.49. The summed E-state index contributed by atoms with van der Waals surface area (Å²) in [4.78, 5) is 7.18. The summed E-state index contributed by atoms with van der Waals surface area (Å²) >= 11 is 0. The summed E-state index contributed by atoms with van der Waals surface area (Å²) in [6.07, 6.45) is 5.65. The molecule has 1 aromatic carbocycles. The van der Waals surface area contributed by atoms with Gasteiger partial charge in [-0.15, -0.1) is 24.0 Å². The van der Waals surface area contributed by atoms with Crippen molar-refractivity contribution in [1.82, 2.24) is 15.5 Å². The Morgan fingerprint density at radius 3 is 2.72 bits per heavy atom. The standard InChI is InChI=1S/C24H34N4O3.HI/c29-21-10-12-28(18-21)17-20-6-2-1-5-19(20)15-26-24(27-16-23-8-4-14-31-23)25-11-9-22-7-3-13-30-22;/h1-3,5-7,13,21,23,29H,4,8-12,14-18H2,(H2,25,26,27);1H. The van der Waals surface area contributed by atoms with Gasteiger partial charge in [0.1, 0.15) is 5.76 Å².